The summed E-state index contributed by atoms with van der Waals surface area (Å²) in [4.78, 5) is 38.6. The van der Waals surface area contributed by atoms with Crippen molar-refractivity contribution in [3.05, 3.63) is 42.5 Å². The van der Waals surface area contributed by atoms with Gasteiger partial charge in [0.25, 0.3) is 5.91 Å². The highest BCUT2D eigenvalue weighted by Crippen LogP contribution is 2.22. The summed E-state index contributed by atoms with van der Waals surface area (Å²) in [5.41, 5.74) is 0.932. The first-order valence-corrected chi connectivity index (χ1v) is 9.13. The summed E-state index contributed by atoms with van der Waals surface area (Å²) in [6.07, 6.45) is 4.29. The normalized spacial score (nSPS) is 14.6. The molecule has 1 heterocycles. The number of rotatable bonds is 7. The van der Waals surface area contributed by atoms with Gasteiger partial charge in [0.2, 0.25) is 11.8 Å². The van der Waals surface area contributed by atoms with Gasteiger partial charge in [-0.15, -0.1) is 6.58 Å². The van der Waals surface area contributed by atoms with Gasteiger partial charge in [-0.2, -0.15) is 0 Å². The van der Waals surface area contributed by atoms with Crippen LogP contribution in [0.3, 0.4) is 0 Å². The Balaban J connectivity index is 1.95. The van der Waals surface area contributed by atoms with Crippen LogP contribution >= 0.6 is 0 Å². The first-order valence-electron chi connectivity index (χ1n) is 9.13. The molecule has 6 nitrogen and oxygen atoms in total. The number of nitrogens with zero attached hydrogens (tertiary/aromatic N) is 1. The van der Waals surface area contributed by atoms with E-state index in [-0.39, 0.29) is 23.6 Å². The minimum atomic E-state index is -0.249. The molecule has 0 atom stereocenters. The Labute approximate surface area is 154 Å². The van der Waals surface area contributed by atoms with E-state index < -0.39 is 0 Å². The summed E-state index contributed by atoms with van der Waals surface area (Å²) in [5.74, 6) is -0.335. The summed E-state index contributed by atoms with van der Waals surface area (Å²) in [7, 11) is 0. The molecule has 0 spiro atoms. The lowest BCUT2D eigenvalue weighted by Crippen LogP contribution is -2.41. The minimum Gasteiger partial charge on any atom is -0.349 e. The second kappa shape index (κ2) is 9.75. The van der Waals surface area contributed by atoms with Gasteiger partial charge in [0.05, 0.1) is 11.3 Å². The number of benzene rings is 1. The van der Waals surface area contributed by atoms with Crippen LogP contribution < -0.4 is 10.6 Å². The van der Waals surface area contributed by atoms with Gasteiger partial charge in [-0.05, 0) is 31.4 Å². The Morgan fingerprint density at radius 1 is 1.23 bits per heavy atom. The van der Waals surface area contributed by atoms with Crippen LogP contribution in [-0.4, -0.2) is 42.3 Å². The maximum Gasteiger partial charge on any atom is 0.253 e. The topological polar surface area (TPSA) is 78.5 Å². The molecule has 0 aromatic heterocycles. The minimum absolute atomic E-state index is 0.100. The maximum atomic E-state index is 12.6. The first kappa shape index (κ1) is 19.7. The van der Waals surface area contributed by atoms with Crippen molar-refractivity contribution in [3.63, 3.8) is 0 Å². The van der Waals surface area contributed by atoms with Crippen LogP contribution in [0.25, 0.3) is 0 Å². The fourth-order valence-corrected chi connectivity index (χ4v) is 3.05. The van der Waals surface area contributed by atoms with Crippen LogP contribution in [0.4, 0.5) is 5.69 Å². The van der Waals surface area contributed by atoms with Crippen molar-refractivity contribution < 1.29 is 14.4 Å². The molecule has 1 fully saturated rings. The van der Waals surface area contributed by atoms with E-state index in [1.165, 1.54) is 0 Å². The molecule has 1 saturated heterocycles. The van der Waals surface area contributed by atoms with E-state index in [4.69, 9.17) is 0 Å². The summed E-state index contributed by atoms with van der Waals surface area (Å²) < 4.78 is 0. The number of para-hydroxylation sites is 1. The fourth-order valence-electron chi connectivity index (χ4n) is 3.05. The summed E-state index contributed by atoms with van der Waals surface area (Å²) in [6.45, 7) is 7.15. The number of carbonyl (C=O) groups is 3. The molecule has 3 amide bonds. The Morgan fingerprint density at radius 2 is 1.92 bits per heavy atom. The molecular formula is C20H27N3O3. The van der Waals surface area contributed by atoms with E-state index in [0.29, 0.717) is 50.1 Å². The Kier molecular flexibility index (Phi) is 7.38. The molecule has 140 valence electrons. The van der Waals surface area contributed by atoms with Gasteiger partial charge in [0.15, 0.2) is 0 Å². The SMILES string of the molecule is C=CCNC(=O)c1ccccc1NC(=O)C1CCN(C(=O)CCC)CC1. The summed E-state index contributed by atoms with van der Waals surface area (Å²) in [5, 5.41) is 5.60. The first-order chi connectivity index (χ1) is 12.6. The Hall–Kier alpha value is -2.63. The molecule has 0 unspecified atom stereocenters. The van der Waals surface area contributed by atoms with E-state index in [9.17, 15) is 14.4 Å². The Bertz CT molecular complexity index is 664. The van der Waals surface area contributed by atoms with Gasteiger partial charge in [0, 0.05) is 32.0 Å². The average molecular weight is 357 g/mol. The van der Waals surface area contributed by atoms with Gasteiger partial charge in [-0.3, -0.25) is 14.4 Å². The van der Waals surface area contributed by atoms with Crippen molar-refractivity contribution in [2.75, 3.05) is 25.0 Å². The molecule has 6 heteroatoms. The predicted molar refractivity (Wildman–Crippen MR) is 102 cm³/mol. The highest BCUT2D eigenvalue weighted by Gasteiger charge is 2.27. The number of hydrogen-bond acceptors (Lipinski definition) is 3. The van der Waals surface area contributed by atoms with Gasteiger partial charge in [-0.1, -0.05) is 25.1 Å². The van der Waals surface area contributed by atoms with Crippen molar-refractivity contribution in [1.29, 1.82) is 0 Å². The number of piperidine rings is 1. The highest BCUT2D eigenvalue weighted by molar-refractivity contribution is 6.04. The number of nitrogens with one attached hydrogen (secondary N) is 2. The molecule has 1 aliphatic heterocycles. The molecule has 1 aliphatic rings. The molecule has 1 aromatic carbocycles. The van der Waals surface area contributed by atoms with Crippen LogP contribution in [0.15, 0.2) is 36.9 Å². The van der Waals surface area contributed by atoms with Crippen LogP contribution in [0.5, 0.6) is 0 Å². The molecule has 0 bridgehead atoms. The zero-order valence-corrected chi connectivity index (χ0v) is 15.3. The van der Waals surface area contributed by atoms with E-state index in [0.717, 1.165) is 6.42 Å². The van der Waals surface area contributed by atoms with Gasteiger partial charge in [0.1, 0.15) is 0 Å². The van der Waals surface area contributed by atoms with Crippen molar-refractivity contribution in [1.82, 2.24) is 10.2 Å². The zero-order chi connectivity index (χ0) is 18.9. The maximum absolute atomic E-state index is 12.6. The molecule has 0 radical (unpaired) electrons. The molecular weight excluding hydrogens is 330 g/mol. The molecule has 2 rings (SSSR count). The molecule has 0 saturated carbocycles. The summed E-state index contributed by atoms with van der Waals surface area (Å²) in [6, 6.07) is 6.95. The molecule has 2 N–H and O–H groups in total. The van der Waals surface area contributed by atoms with Crippen LogP contribution in [0, 0.1) is 5.92 Å². The number of hydrogen-bond donors (Lipinski definition) is 2. The van der Waals surface area contributed by atoms with E-state index in [2.05, 4.69) is 17.2 Å². The summed E-state index contributed by atoms with van der Waals surface area (Å²) >= 11 is 0. The van der Waals surface area contributed by atoms with Crippen molar-refractivity contribution in [3.8, 4) is 0 Å². The molecule has 0 aliphatic carbocycles. The third kappa shape index (κ3) is 5.18. The van der Waals surface area contributed by atoms with Crippen molar-refractivity contribution in [2.45, 2.75) is 32.6 Å². The number of likely N-dealkylation sites (tertiary alicyclic amines) is 1. The van der Waals surface area contributed by atoms with Crippen LogP contribution in [0.2, 0.25) is 0 Å². The van der Waals surface area contributed by atoms with Crippen LogP contribution in [0.1, 0.15) is 43.0 Å². The highest BCUT2D eigenvalue weighted by atomic mass is 16.2. The number of amides is 3. The van der Waals surface area contributed by atoms with E-state index in [1.54, 1.807) is 30.3 Å². The van der Waals surface area contributed by atoms with E-state index in [1.807, 2.05) is 11.8 Å². The second-order valence-electron chi connectivity index (χ2n) is 6.44. The largest absolute Gasteiger partial charge is 0.349 e. The predicted octanol–water partition coefficient (Wildman–Crippen LogP) is 2.58. The second-order valence-corrected chi connectivity index (χ2v) is 6.44. The standard InChI is InChI=1S/C20H27N3O3/c1-3-7-18(24)23-13-10-15(11-14-23)19(25)22-17-9-6-5-8-16(17)20(26)21-12-4-2/h4-6,8-9,15H,2-3,7,10-14H2,1H3,(H,21,26)(H,22,25). The fraction of sp³-hybridized carbons (Fsp3) is 0.450. The lowest BCUT2D eigenvalue weighted by Gasteiger charge is -2.31. The molecule has 1 aromatic rings. The van der Waals surface area contributed by atoms with Gasteiger partial charge in [-0.25, -0.2) is 0 Å². The number of anilines is 1. The van der Waals surface area contributed by atoms with Gasteiger partial charge >= 0.3 is 0 Å². The van der Waals surface area contributed by atoms with Crippen LogP contribution in [-0.2, 0) is 9.59 Å². The quantitative estimate of drug-likeness (QED) is 0.736. The monoisotopic (exact) mass is 357 g/mol. The lowest BCUT2D eigenvalue weighted by atomic mass is 9.95. The third-order valence-corrected chi connectivity index (χ3v) is 4.52. The van der Waals surface area contributed by atoms with Crippen molar-refractivity contribution >= 4 is 23.4 Å². The van der Waals surface area contributed by atoms with Crippen molar-refractivity contribution in [2.24, 2.45) is 5.92 Å². The smallest absolute Gasteiger partial charge is 0.253 e. The lowest BCUT2D eigenvalue weighted by molar-refractivity contribution is -0.134. The average Bonchev–Trinajstić information content (AvgIpc) is 2.66. The third-order valence-electron chi connectivity index (χ3n) is 4.52. The number of carbonyl (C=O) groups excluding carboxylic acids is 3. The Morgan fingerprint density at radius 3 is 2.58 bits per heavy atom. The van der Waals surface area contributed by atoms with E-state index >= 15 is 0 Å². The zero-order valence-electron chi connectivity index (χ0n) is 15.3. The van der Waals surface area contributed by atoms with Gasteiger partial charge < -0.3 is 15.5 Å². The molecule has 26 heavy (non-hydrogen) atoms.